The third-order valence-corrected chi connectivity index (χ3v) is 6.14. The summed E-state index contributed by atoms with van der Waals surface area (Å²) in [5.74, 6) is -0.364. The van der Waals surface area contributed by atoms with Crippen molar-refractivity contribution in [2.75, 3.05) is 0 Å². The fraction of sp³-hybridized carbons (Fsp3) is 0.0952. The Kier molecular flexibility index (Phi) is 5.37. The molecule has 0 aliphatic heterocycles. The number of furan rings is 1. The van der Waals surface area contributed by atoms with Crippen molar-refractivity contribution >= 4 is 39.3 Å². The number of nitrogens with zero attached hydrogens (tertiary/aromatic N) is 2. The van der Waals surface area contributed by atoms with Crippen molar-refractivity contribution in [2.24, 2.45) is 0 Å². The fourth-order valence-electron chi connectivity index (χ4n) is 2.94. The van der Waals surface area contributed by atoms with Crippen LogP contribution >= 0.6 is 23.1 Å². The smallest absolute Gasteiger partial charge is 0.371 e. The van der Waals surface area contributed by atoms with E-state index in [9.17, 15) is 9.59 Å². The summed E-state index contributed by atoms with van der Waals surface area (Å²) >= 11 is 2.75. The van der Waals surface area contributed by atoms with Crippen molar-refractivity contribution in [3.05, 3.63) is 82.4 Å². The maximum atomic E-state index is 13.3. The highest BCUT2D eigenvalue weighted by Crippen LogP contribution is 2.32. The van der Waals surface area contributed by atoms with Gasteiger partial charge in [-0.3, -0.25) is 9.36 Å². The number of hydrogen-bond acceptors (Lipinski definition) is 6. The lowest BCUT2D eigenvalue weighted by Gasteiger charge is -2.10. The standard InChI is InChI=1S/C21H16N2O4S2/c1-2-10-23-19(24)17-15(13-6-4-3-5-7-13)12-28-18(17)22-21(23)29-11-14-8-9-16(27-14)20(25)26/h2-9,12H,1,10-11H2,(H,25,26). The molecule has 0 spiro atoms. The minimum atomic E-state index is -1.11. The monoisotopic (exact) mass is 424 g/mol. The second kappa shape index (κ2) is 8.10. The predicted octanol–water partition coefficient (Wildman–Crippen LogP) is 4.89. The first-order valence-electron chi connectivity index (χ1n) is 8.71. The number of carboxylic acid groups (broad SMARTS) is 1. The zero-order valence-electron chi connectivity index (χ0n) is 15.2. The molecule has 8 heteroatoms. The maximum Gasteiger partial charge on any atom is 0.371 e. The second-order valence-corrected chi connectivity index (χ2v) is 7.95. The molecule has 0 radical (unpaired) electrons. The van der Waals surface area contributed by atoms with Gasteiger partial charge in [-0.2, -0.15) is 0 Å². The molecule has 0 saturated heterocycles. The molecule has 0 bridgehead atoms. The third kappa shape index (κ3) is 3.76. The van der Waals surface area contributed by atoms with Crippen LogP contribution in [-0.2, 0) is 12.3 Å². The average molecular weight is 425 g/mol. The molecular formula is C21H16N2O4S2. The minimum absolute atomic E-state index is 0.113. The summed E-state index contributed by atoms with van der Waals surface area (Å²) in [6.07, 6.45) is 1.66. The molecule has 29 heavy (non-hydrogen) atoms. The van der Waals surface area contributed by atoms with Crippen LogP contribution in [0.1, 0.15) is 16.3 Å². The summed E-state index contributed by atoms with van der Waals surface area (Å²) in [5, 5.41) is 12.1. The number of rotatable bonds is 7. The lowest BCUT2D eigenvalue weighted by molar-refractivity contribution is 0.0661. The molecule has 1 N–H and O–H groups in total. The molecule has 0 aliphatic carbocycles. The van der Waals surface area contributed by atoms with Gasteiger partial charge in [0.2, 0.25) is 5.76 Å². The zero-order chi connectivity index (χ0) is 20.4. The SMILES string of the molecule is C=CCn1c(SCc2ccc(C(=O)O)o2)nc2scc(-c3ccccc3)c2c1=O. The Bertz CT molecular complexity index is 1250. The molecule has 4 aromatic rings. The van der Waals surface area contributed by atoms with Gasteiger partial charge in [0.25, 0.3) is 5.56 Å². The number of hydrogen-bond donors (Lipinski definition) is 1. The van der Waals surface area contributed by atoms with Crippen LogP contribution in [0.15, 0.2) is 74.9 Å². The van der Waals surface area contributed by atoms with Gasteiger partial charge >= 0.3 is 5.97 Å². The first-order chi connectivity index (χ1) is 14.1. The van der Waals surface area contributed by atoms with Gasteiger partial charge in [-0.25, -0.2) is 9.78 Å². The van der Waals surface area contributed by atoms with E-state index in [1.807, 2.05) is 35.7 Å². The first kappa shape index (κ1) is 19.2. The number of aromatic carboxylic acids is 1. The Labute approximate surface area is 174 Å². The molecule has 0 unspecified atom stereocenters. The van der Waals surface area contributed by atoms with E-state index in [1.165, 1.54) is 29.2 Å². The van der Waals surface area contributed by atoms with Crippen LogP contribution in [0.3, 0.4) is 0 Å². The Balaban J connectivity index is 1.74. The van der Waals surface area contributed by atoms with Crippen molar-refractivity contribution in [2.45, 2.75) is 17.5 Å². The summed E-state index contributed by atoms with van der Waals surface area (Å²) in [5.41, 5.74) is 1.72. The molecule has 0 saturated carbocycles. The van der Waals surface area contributed by atoms with Crippen LogP contribution in [0.4, 0.5) is 0 Å². The summed E-state index contributed by atoms with van der Waals surface area (Å²) < 4.78 is 6.88. The number of thioether (sulfide) groups is 1. The highest BCUT2D eigenvalue weighted by Gasteiger charge is 2.17. The summed E-state index contributed by atoms with van der Waals surface area (Å²) in [4.78, 5) is 29.6. The highest BCUT2D eigenvalue weighted by molar-refractivity contribution is 7.98. The van der Waals surface area contributed by atoms with Crippen molar-refractivity contribution in [3.8, 4) is 11.1 Å². The van der Waals surface area contributed by atoms with Crippen LogP contribution in [-0.4, -0.2) is 20.6 Å². The molecular weight excluding hydrogens is 408 g/mol. The molecule has 3 heterocycles. The van der Waals surface area contributed by atoms with Gasteiger partial charge in [-0.1, -0.05) is 48.2 Å². The number of thiophene rings is 1. The van der Waals surface area contributed by atoms with Crippen molar-refractivity contribution in [3.63, 3.8) is 0 Å². The first-order valence-corrected chi connectivity index (χ1v) is 10.6. The van der Waals surface area contributed by atoms with Gasteiger partial charge in [0.05, 0.1) is 11.1 Å². The Morgan fingerprint density at radius 2 is 2.07 bits per heavy atom. The molecule has 146 valence electrons. The van der Waals surface area contributed by atoms with Crippen molar-refractivity contribution in [1.82, 2.24) is 9.55 Å². The van der Waals surface area contributed by atoms with Gasteiger partial charge in [-0.15, -0.1) is 17.9 Å². The number of allylic oxidation sites excluding steroid dienone is 1. The molecule has 1 aromatic carbocycles. The number of carboxylic acids is 1. The molecule has 0 aliphatic rings. The molecule has 0 amide bonds. The number of fused-ring (bicyclic) bond motifs is 1. The second-order valence-electron chi connectivity index (χ2n) is 6.15. The average Bonchev–Trinajstić information content (AvgIpc) is 3.37. The van der Waals surface area contributed by atoms with E-state index < -0.39 is 5.97 Å². The fourth-order valence-corrected chi connectivity index (χ4v) is 4.83. The van der Waals surface area contributed by atoms with Gasteiger partial charge in [0.1, 0.15) is 10.6 Å². The van der Waals surface area contributed by atoms with Crippen LogP contribution in [0.2, 0.25) is 0 Å². The number of benzene rings is 1. The number of carbonyl (C=O) groups is 1. The van der Waals surface area contributed by atoms with Crippen LogP contribution < -0.4 is 5.56 Å². The molecule has 3 aromatic heterocycles. The molecule has 6 nitrogen and oxygen atoms in total. The van der Waals surface area contributed by atoms with Crippen LogP contribution in [0.5, 0.6) is 0 Å². The molecule has 4 rings (SSSR count). The Morgan fingerprint density at radius 1 is 1.28 bits per heavy atom. The van der Waals surface area contributed by atoms with E-state index >= 15 is 0 Å². The van der Waals surface area contributed by atoms with Crippen LogP contribution in [0, 0.1) is 0 Å². The van der Waals surface area contributed by atoms with Crippen molar-refractivity contribution in [1.29, 1.82) is 0 Å². The summed E-state index contributed by atoms with van der Waals surface area (Å²) in [6, 6.07) is 12.8. The molecule has 0 fully saturated rings. The predicted molar refractivity (Wildman–Crippen MR) is 115 cm³/mol. The third-order valence-electron chi connectivity index (χ3n) is 4.27. The normalized spacial score (nSPS) is 11.0. The topological polar surface area (TPSA) is 85.3 Å². The van der Waals surface area contributed by atoms with Gasteiger partial charge < -0.3 is 9.52 Å². The van der Waals surface area contributed by atoms with Crippen molar-refractivity contribution < 1.29 is 14.3 Å². The van der Waals surface area contributed by atoms with E-state index in [-0.39, 0.29) is 11.3 Å². The quantitative estimate of drug-likeness (QED) is 0.258. The summed E-state index contributed by atoms with van der Waals surface area (Å²) in [6.45, 7) is 4.08. The lowest BCUT2D eigenvalue weighted by Crippen LogP contribution is -2.22. The zero-order valence-corrected chi connectivity index (χ0v) is 16.8. The van der Waals surface area contributed by atoms with Gasteiger partial charge in [0.15, 0.2) is 5.16 Å². The maximum absolute atomic E-state index is 13.3. The number of aromatic nitrogens is 2. The van der Waals surface area contributed by atoms with Gasteiger partial charge in [-0.05, 0) is 17.7 Å². The van der Waals surface area contributed by atoms with E-state index in [2.05, 4.69) is 6.58 Å². The lowest BCUT2D eigenvalue weighted by atomic mass is 10.1. The van der Waals surface area contributed by atoms with E-state index in [0.29, 0.717) is 33.4 Å². The Hall–Kier alpha value is -3.10. The minimum Gasteiger partial charge on any atom is -0.475 e. The Morgan fingerprint density at radius 3 is 2.76 bits per heavy atom. The van der Waals surface area contributed by atoms with E-state index in [4.69, 9.17) is 14.5 Å². The largest absolute Gasteiger partial charge is 0.475 e. The molecule has 0 atom stereocenters. The van der Waals surface area contributed by atoms with E-state index in [0.717, 1.165) is 11.1 Å². The van der Waals surface area contributed by atoms with Crippen LogP contribution in [0.25, 0.3) is 21.3 Å². The summed E-state index contributed by atoms with van der Waals surface area (Å²) in [7, 11) is 0. The van der Waals surface area contributed by atoms with E-state index in [1.54, 1.807) is 16.7 Å². The van der Waals surface area contributed by atoms with Gasteiger partial charge in [0, 0.05) is 17.5 Å². The highest BCUT2D eigenvalue weighted by atomic mass is 32.2.